The Hall–Kier alpha value is -2.28. The number of carbonyl (C=O) groups excluding carboxylic acids is 1. The molecule has 1 N–H and O–H groups in total. The Balaban J connectivity index is 3.04. The Morgan fingerprint density at radius 2 is 2.33 bits per heavy atom. The van der Waals surface area contributed by atoms with Gasteiger partial charge < -0.3 is 9.84 Å². The molecule has 0 spiro atoms. The van der Waals surface area contributed by atoms with Crippen molar-refractivity contribution in [2.24, 2.45) is 0 Å². The van der Waals surface area contributed by atoms with Gasteiger partial charge in [-0.15, -0.1) is 0 Å². The Kier molecular flexibility index (Phi) is 3.47. The molecule has 0 bridgehead atoms. The Morgan fingerprint density at radius 3 is 2.87 bits per heavy atom. The molecule has 0 radical (unpaired) electrons. The van der Waals surface area contributed by atoms with Crippen molar-refractivity contribution in [1.29, 1.82) is 5.26 Å². The van der Waals surface area contributed by atoms with E-state index in [9.17, 15) is 9.90 Å². The molecule has 4 nitrogen and oxygen atoms in total. The van der Waals surface area contributed by atoms with Crippen LogP contribution in [0.2, 0.25) is 0 Å². The number of rotatable bonds is 2. The minimum Gasteiger partial charge on any atom is -0.507 e. The van der Waals surface area contributed by atoms with Gasteiger partial charge in [-0.1, -0.05) is 6.07 Å². The van der Waals surface area contributed by atoms with E-state index in [0.29, 0.717) is 5.56 Å². The molecule has 1 rings (SSSR count). The van der Waals surface area contributed by atoms with Crippen molar-refractivity contribution in [3.63, 3.8) is 0 Å². The maximum Gasteiger partial charge on any atom is 0.337 e. The molecule has 76 valence electrons. The summed E-state index contributed by atoms with van der Waals surface area (Å²) in [7, 11) is 1.27. The Morgan fingerprint density at radius 1 is 1.60 bits per heavy atom. The topological polar surface area (TPSA) is 70.3 Å². The maximum atomic E-state index is 11.1. The van der Waals surface area contributed by atoms with Crippen LogP contribution in [-0.4, -0.2) is 18.2 Å². The second-order valence-electron chi connectivity index (χ2n) is 2.73. The molecule has 1 aromatic rings. The van der Waals surface area contributed by atoms with E-state index < -0.39 is 5.97 Å². The van der Waals surface area contributed by atoms with Gasteiger partial charge >= 0.3 is 5.97 Å². The summed E-state index contributed by atoms with van der Waals surface area (Å²) in [6.07, 6.45) is 2.70. The third kappa shape index (κ3) is 2.58. The molecule has 4 heteroatoms. The van der Waals surface area contributed by atoms with E-state index in [0.717, 1.165) is 0 Å². The van der Waals surface area contributed by atoms with Gasteiger partial charge in [0.2, 0.25) is 0 Å². The highest BCUT2D eigenvalue weighted by molar-refractivity contribution is 5.90. The number of phenolic OH excluding ortho intramolecular Hbond substituents is 1. The molecule has 0 atom stereocenters. The fourth-order valence-corrected chi connectivity index (χ4v) is 1.06. The minimum atomic E-state index is -0.513. The van der Waals surface area contributed by atoms with Crippen molar-refractivity contribution in [3.8, 4) is 11.8 Å². The summed E-state index contributed by atoms with van der Waals surface area (Å²) in [5.41, 5.74) is 0.744. The fraction of sp³-hybridized carbons (Fsp3) is 0.0909. The molecule has 15 heavy (non-hydrogen) atoms. The summed E-state index contributed by atoms with van der Waals surface area (Å²) in [6.45, 7) is 0. The molecule has 0 aliphatic heterocycles. The van der Waals surface area contributed by atoms with Gasteiger partial charge in [0.25, 0.3) is 0 Å². The van der Waals surface area contributed by atoms with Gasteiger partial charge in [-0.2, -0.15) is 5.26 Å². The number of aromatic hydroxyl groups is 1. The van der Waals surface area contributed by atoms with Crippen molar-refractivity contribution >= 4 is 12.0 Å². The van der Waals surface area contributed by atoms with E-state index in [1.807, 2.05) is 6.07 Å². The van der Waals surface area contributed by atoms with E-state index in [4.69, 9.17) is 5.26 Å². The lowest BCUT2D eigenvalue weighted by Gasteiger charge is -2.02. The first kappa shape index (κ1) is 10.8. The summed E-state index contributed by atoms with van der Waals surface area (Å²) in [6, 6.07) is 6.16. The van der Waals surface area contributed by atoms with Crippen molar-refractivity contribution in [2.75, 3.05) is 7.11 Å². The number of nitrogens with zero attached hydrogens (tertiary/aromatic N) is 1. The molecular weight excluding hydrogens is 194 g/mol. The van der Waals surface area contributed by atoms with Gasteiger partial charge in [0.15, 0.2) is 0 Å². The number of allylic oxidation sites excluding steroid dienone is 1. The van der Waals surface area contributed by atoms with E-state index >= 15 is 0 Å². The van der Waals surface area contributed by atoms with Gasteiger partial charge in [0, 0.05) is 11.6 Å². The molecule has 0 aromatic heterocycles. The summed E-state index contributed by atoms with van der Waals surface area (Å²) in [5.74, 6) is -0.578. The average molecular weight is 203 g/mol. The highest BCUT2D eigenvalue weighted by Crippen LogP contribution is 2.20. The summed E-state index contributed by atoms with van der Waals surface area (Å²) in [4.78, 5) is 11.1. The molecule has 0 amide bonds. The van der Waals surface area contributed by atoms with Crippen molar-refractivity contribution in [1.82, 2.24) is 0 Å². The number of phenols is 1. The Bertz CT molecular complexity index is 444. The number of benzene rings is 1. The molecule has 0 saturated heterocycles. The smallest absolute Gasteiger partial charge is 0.337 e. The van der Waals surface area contributed by atoms with Crippen LogP contribution in [0.3, 0.4) is 0 Å². The van der Waals surface area contributed by atoms with E-state index in [2.05, 4.69) is 4.74 Å². The number of esters is 1. The standard InChI is InChI=1S/C11H9NO3/c1-15-11(14)9-5-4-8(3-2-6-12)10(13)7-9/h2-5,7,13H,1H3/b3-2+. The van der Waals surface area contributed by atoms with E-state index in [1.54, 1.807) is 0 Å². The van der Waals surface area contributed by atoms with Crippen molar-refractivity contribution in [2.45, 2.75) is 0 Å². The SMILES string of the molecule is COC(=O)c1ccc(/C=C/C#N)c(O)c1. The van der Waals surface area contributed by atoms with E-state index in [1.165, 1.54) is 37.5 Å². The molecule has 1 aromatic carbocycles. The lowest BCUT2D eigenvalue weighted by Crippen LogP contribution is -2.00. The van der Waals surface area contributed by atoms with Crippen LogP contribution in [0.1, 0.15) is 15.9 Å². The summed E-state index contributed by atoms with van der Waals surface area (Å²) >= 11 is 0. The average Bonchev–Trinajstić information content (AvgIpc) is 2.26. The van der Waals surface area contributed by atoms with Gasteiger partial charge in [-0.3, -0.25) is 0 Å². The molecule has 0 saturated carbocycles. The minimum absolute atomic E-state index is 0.0654. The van der Waals surface area contributed by atoms with Gasteiger partial charge in [-0.05, 0) is 18.2 Å². The first-order valence-corrected chi connectivity index (χ1v) is 4.16. The van der Waals surface area contributed by atoms with E-state index in [-0.39, 0.29) is 11.3 Å². The highest BCUT2D eigenvalue weighted by Gasteiger charge is 2.07. The van der Waals surface area contributed by atoms with Gasteiger partial charge in [0.1, 0.15) is 5.75 Å². The van der Waals surface area contributed by atoms with Crippen LogP contribution in [0.25, 0.3) is 6.08 Å². The number of ether oxygens (including phenoxy) is 1. The molecule has 0 unspecified atom stereocenters. The van der Waals surface area contributed by atoms with Crippen LogP contribution in [0.15, 0.2) is 24.3 Å². The zero-order valence-corrected chi connectivity index (χ0v) is 8.10. The monoisotopic (exact) mass is 203 g/mol. The normalized spacial score (nSPS) is 9.87. The van der Waals surface area contributed by atoms with Crippen molar-refractivity contribution in [3.05, 3.63) is 35.4 Å². The number of carbonyl (C=O) groups is 1. The van der Waals surface area contributed by atoms with Crippen LogP contribution in [0, 0.1) is 11.3 Å². The zero-order valence-electron chi connectivity index (χ0n) is 8.10. The molecule has 0 aliphatic carbocycles. The van der Waals surface area contributed by atoms with Crippen LogP contribution in [-0.2, 0) is 4.74 Å². The van der Waals surface area contributed by atoms with Crippen LogP contribution >= 0.6 is 0 Å². The van der Waals surface area contributed by atoms with Crippen LogP contribution in [0.5, 0.6) is 5.75 Å². The molecule has 0 heterocycles. The van der Waals surface area contributed by atoms with Gasteiger partial charge in [0.05, 0.1) is 18.7 Å². The predicted octanol–water partition coefficient (Wildman–Crippen LogP) is 1.72. The quantitative estimate of drug-likeness (QED) is 0.586. The molecular formula is C11H9NO3. The number of methoxy groups -OCH3 is 1. The zero-order chi connectivity index (χ0) is 11.3. The number of hydrogen-bond donors (Lipinski definition) is 1. The summed E-state index contributed by atoms with van der Waals surface area (Å²) < 4.78 is 4.49. The molecule has 0 fully saturated rings. The lowest BCUT2D eigenvalue weighted by molar-refractivity contribution is 0.0600. The fourth-order valence-electron chi connectivity index (χ4n) is 1.06. The number of nitriles is 1. The lowest BCUT2D eigenvalue weighted by atomic mass is 10.1. The molecule has 0 aliphatic rings. The largest absolute Gasteiger partial charge is 0.507 e. The first-order chi connectivity index (χ1) is 7.19. The predicted molar refractivity (Wildman–Crippen MR) is 54.1 cm³/mol. The highest BCUT2D eigenvalue weighted by atomic mass is 16.5. The van der Waals surface area contributed by atoms with Crippen LogP contribution < -0.4 is 0 Å². The maximum absolute atomic E-state index is 11.1. The summed E-state index contributed by atoms with van der Waals surface area (Å²) in [5, 5.41) is 17.8. The third-order valence-electron chi connectivity index (χ3n) is 1.79. The second kappa shape index (κ2) is 4.82. The first-order valence-electron chi connectivity index (χ1n) is 4.16. The van der Waals surface area contributed by atoms with Gasteiger partial charge in [-0.25, -0.2) is 4.79 Å². The third-order valence-corrected chi connectivity index (χ3v) is 1.79. The van der Waals surface area contributed by atoms with Crippen molar-refractivity contribution < 1.29 is 14.6 Å². The number of hydrogen-bond acceptors (Lipinski definition) is 4. The van der Waals surface area contributed by atoms with Crippen LogP contribution in [0.4, 0.5) is 0 Å². The Labute approximate surface area is 87.0 Å². The second-order valence-corrected chi connectivity index (χ2v) is 2.73.